The van der Waals surface area contributed by atoms with Gasteiger partial charge in [0, 0.05) is 75.6 Å². The predicted octanol–water partition coefficient (Wildman–Crippen LogP) is 17.3. The van der Waals surface area contributed by atoms with Crippen LogP contribution in [-0.2, 0) is 0 Å². The molecule has 2 aliphatic rings. The minimum Gasteiger partial charge on any atom is -0.309 e. The Balaban J connectivity index is 0.942. The lowest BCUT2D eigenvalue weighted by molar-refractivity contribution is 1.16. The van der Waals surface area contributed by atoms with E-state index in [1.54, 1.807) is 0 Å². The van der Waals surface area contributed by atoms with E-state index in [0.29, 0.717) is 0 Å². The lowest BCUT2D eigenvalue weighted by Gasteiger charge is -2.33. The van der Waals surface area contributed by atoms with E-state index in [2.05, 4.69) is 255 Å². The standard InChI is InChI=1S/C66H39BN4S2/c1-3-17-40(18-4-1)68-56-28-14-9-24-50(56)62-58(68)35-33-48-44-21-7-12-26-54(44)70(65(48)62)42-31-32-47-53-38-43(37-52-46-23-11-16-30-60(46)72-67(64(52)53)73-61(47)39-42)71-55-27-13-8-22-45(55)49-34-36-59-63(66(49)71)51-25-10-15-29-57(51)69(59)41-19-5-2-6-20-41/h1-39H. The van der Waals surface area contributed by atoms with Gasteiger partial charge < -0.3 is 18.3 Å². The van der Waals surface area contributed by atoms with E-state index in [1.807, 2.05) is 23.2 Å². The van der Waals surface area contributed by atoms with E-state index < -0.39 is 0 Å². The lowest BCUT2D eigenvalue weighted by Crippen LogP contribution is -2.33. The summed E-state index contributed by atoms with van der Waals surface area (Å²) in [5, 5.41) is 10.2. The van der Waals surface area contributed by atoms with Gasteiger partial charge >= 0.3 is 5.27 Å². The third-order valence-corrected chi connectivity index (χ3v) is 18.5. The molecule has 6 heterocycles. The molecule has 0 saturated heterocycles. The van der Waals surface area contributed by atoms with Gasteiger partial charge in [0.25, 0.3) is 0 Å². The zero-order valence-corrected chi connectivity index (χ0v) is 40.8. The molecule has 0 atom stereocenters. The van der Waals surface area contributed by atoms with Crippen LogP contribution in [0, 0.1) is 0 Å². The van der Waals surface area contributed by atoms with Crippen molar-refractivity contribution < 1.29 is 0 Å². The number of benzene rings is 11. The van der Waals surface area contributed by atoms with Crippen LogP contribution in [-0.4, -0.2) is 23.5 Å². The average molecular weight is 963 g/mol. The summed E-state index contributed by atoms with van der Waals surface area (Å²) < 4.78 is 10.00. The second kappa shape index (κ2) is 15.0. The number of aromatic nitrogens is 4. The lowest BCUT2D eigenvalue weighted by atomic mass is 9.77. The largest absolute Gasteiger partial charge is 0.318 e. The minimum atomic E-state index is 0.180. The van der Waals surface area contributed by atoms with Gasteiger partial charge in [0.2, 0.25) is 0 Å². The van der Waals surface area contributed by atoms with E-state index in [9.17, 15) is 0 Å². The summed E-state index contributed by atoms with van der Waals surface area (Å²) in [5.74, 6) is 0. The van der Waals surface area contributed by atoms with Gasteiger partial charge in [-0.2, -0.15) is 23.2 Å². The molecule has 0 saturated carbocycles. The molecule has 4 nitrogen and oxygen atoms in total. The first-order valence-corrected chi connectivity index (χ1v) is 26.8. The van der Waals surface area contributed by atoms with Crippen LogP contribution in [0.5, 0.6) is 0 Å². The number of para-hydroxylation sites is 6. The smallest absolute Gasteiger partial charge is 0.309 e. The summed E-state index contributed by atoms with van der Waals surface area (Å²) in [4.78, 5) is 2.62. The number of rotatable bonds is 4. The molecule has 0 radical (unpaired) electrons. The summed E-state index contributed by atoms with van der Waals surface area (Å²) in [7, 11) is 0. The first kappa shape index (κ1) is 40.0. The molecule has 0 aliphatic carbocycles. The first-order chi connectivity index (χ1) is 36.2. The van der Waals surface area contributed by atoms with Crippen molar-refractivity contribution in [2.45, 2.75) is 9.79 Å². The molecular weight excluding hydrogens is 924 g/mol. The Morgan fingerprint density at radius 2 is 0.699 bits per heavy atom. The van der Waals surface area contributed by atoms with Crippen LogP contribution in [0.2, 0.25) is 0 Å². The molecule has 7 heteroatoms. The molecule has 73 heavy (non-hydrogen) atoms. The normalized spacial score (nSPS) is 13.1. The number of hydrogen-bond donors (Lipinski definition) is 0. The number of fused-ring (bicyclic) bond motifs is 18. The molecule has 11 aromatic carbocycles. The average Bonchev–Trinajstić information content (AvgIpc) is 4.19. The molecule has 15 aromatic rings. The van der Waals surface area contributed by atoms with Gasteiger partial charge in [-0.25, -0.2) is 0 Å². The fraction of sp³-hybridized carbons (Fsp3) is 0. The van der Waals surface area contributed by atoms with Gasteiger partial charge in [-0.1, -0.05) is 146 Å². The Morgan fingerprint density at radius 3 is 1.26 bits per heavy atom. The third kappa shape index (κ3) is 5.45. The van der Waals surface area contributed by atoms with Crippen LogP contribution in [0.3, 0.4) is 0 Å². The molecule has 0 bridgehead atoms. The Hall–Kier alpha value is -8.62. The van der Waals surface area contributed by atoms with Gasteiger partial charge in [-0.15, -0.1) is 0 Å². The Labute approximate surface area is 428 Å². The molecule has 17 rings (SSSR count). The molecule has 0 unspecified atom stereocenters. The monoisotopic (exact) mass is 962 g/mol. The van der Waals surface area contributed by atoms with E-state index in [4.69, 9.17) is 0 Å². The van der Waals surface area contributed by atoms with Crippen molar-refractivity contribution in [3.63, 3.8) is 0 Å². The van der Waals surface area contributed by atoms with Gasteiger partial charge in [0.05, 0.1) is 44.1 Å². The quantitative estimate of drug-likeness (QED) is 0.164. The van der Waals surface area contributed by atoms with Crippen LogP contribution in [0.25, 0.3) is 132 Å². The van der Waals surface area contributed by atoms with Gasteiger partial charge in [0.15, 0.2) is 0 Å². The molecule has 2 aliphatic heterocycles. The van der Waals surface area contributed by atoms with Crippen LogP contribution in [0.4, 0.5) is 0 Å². The molecule has 4 aromatic heterocycles. The SMILES string of the molecule is c1ccc(-n2c3ccccc3c3c2ccc2c4ccccc4n(-c4ccc5c(c4)SB4Sc6ccccc6-c6cc(-n7c8ccccc8c8ccc9c(c%10ccccc%10n9-c9ccccc9)c87)cc-5c64)c23)cc1. The molecular formula is C66H39BN4S2. The van der Waals surface area contributed by atoms with E-state index >= 15 is 0 Å². The highest BCUT2D eigenvalue weighted by atomic mass is 32.2. The highest BCUT2D eigenvalue weighted by Gasteiger charge is 2.38. The summed E-state index contributed by atoms with van der Waals surface area (Å²) in [5.41, 5.74) is 21.0. The fourth-order valence-corrected chi connectivity index (χ4v) is 15.8. The van der Waals surface area contributed by atoms with Crippen molar-refractivity contribution in [3.05, 3.63) is 237 Å². The van der Waals surface area contributed by atoms with Crippen molar-refractivity contribution >= 4 is 121 Å². The van der Waals surface area contributed by atoms with E-state index in [0.717, 1.165) is 11.4 Å². The highest BCUT2D eigenvalue weighted by molar-refractivity contribution is 8.56. The zero-order chi connectivity index (χ0) is 47.5. The maximum Gasteiger partial charge on any atom is 0.318 e. The van der Waals surface area contributed by atoms with Crippen molar-refractivity contribution in [2.24, 2.45) is 0 Å². The first-order valence-electron chi connectivity index (χ1n) is 25.0. The molecule has 0 fully saturated rings. The summed E-state index contributed by atoms with van der Waals surface area (Å²) in [6.07, 6.45) is 0. The van der Waals surface area contributed by atoms with E-state index in [-0.39, 0.29) is 5.27 Å². The second-order valence-electron chi connectivity index (χ2n) is 19.5. The summed E-state index contributed by atoms with van der Waals surface area (Å²) >= 11 is 4.00. The van der Waals surface area contributed by atoms with Crippen molar-refractivity contribution in [2.75, 3.05) is 0 Å². The van der Waals surface area contributed by atoms with Crippen molar-refractivity contribution in [1.29, 1.82) is 0 Å². The van der Waals surface area contributed by atoms with Gasteiger partial charge in [-0.3, -0.25) is 0 Å². The summed E-state index contributed by atoms with van der Waals surface area (Å²) in [6.45, 7) is 0. The maximum atomic E-state index is 2.58. The predicted molar refractivity (Wildman–Crippen MR) is 312 cm³/mol. The third-order valence-electron chi connectivity index (χ3n) is 15.8. The van der Waals surface area contributed by atoms with Gasteiger partial charge in [-0.05, 0) is 119 Å². The van der Waals surface area contributed by atoms with Gasteiger partial charge in [0.1, 0.15) is 0 Å². The number of hydrogen-bond acceptors (Lipinski definition) is 2. The fourth-order valence-electron chi connectivity index (χ4n) is 12.9. The Morgan fingerprint density at radius 1 is 0.260 bits per heavy atom. The van der Waals surface area contributed by atoms with Crippen LogP contribution in [0.1, 0.15) is 0 Å². The van der Waals surface area contributed by atoms with Crippen LogP contribution >= 0.6 is 23.2 Å². The molecule has 338 valence electrons. The maximum absolute atomic E-state index is 2.58. The Bertz CT molecular complexity index is 4870. The highest BCUT2D eigenvalue weighted by Crippen LogP contribution is 2.52. The summed E-state index contributed by atoms with van der Waals surface area (Å²) in [6, 6.07) is 88.2. The molecule has 0 N–H and O–H groups in total. The zero-order valence-electron chi connectivity index (χ0n) is 39.2. The van der Waals surface area contributed by atoms with Crippen LogP contribution in [0.15, 0.2) is 246 Å². The number of nitrogens with zero attached hydrogens (tertiary/aromatic N) is 4. The topological polar surface area (TPSA) is 19.7 Å². The molecule has 0 amide bonds. The van der Waals surface area contributed by atoms with Crippen molar-refractivity contribution in [3.8, 4) is 45.0 Å². The van der Waals surface area contributed by atoms with Crippen LogP contribution < -0.4 is 5.46 Å². The minimum absolute atomic E-state index is 0.180. The second-order valence-corrected chi connectivity index (χ2v) is 22.1. The van der Waals surface area contributed by atoms with E-state index in [1.165, 1.54) is 136 Å². The Kier molecular flexibility index (Phi) is 8.21. The van der Waals surface area contributed by atoms with Crippen molar-refractivity contribution in [1.82, 2.24) is 18.3 Å². The molecule has 0 spiro atoms.